The van der Waals surface area contributed by atoms with Gasteiger partial charge in [0.1, 0.15) is 11.6 Å². The number of hydrogen-bond donors (Lipinski definition) is 0. The summed E-state index contributed by atoms with van der Waals surface area (Å²) in [6.07, 6.45) is 1.85. The normalized spacial score (nSPS) is 18.1. The number of anilines is 1. The summed E-state index contributed by atoms with van der Waals surface area (Å²) in [4.78, 5) is 14.9. The van der Waals surface area contributed by atoms with E-state index in [1.54, 1.807) is 18.2 Å². The molecule has 0 spiro atoms. The molecule has 2 aliphatic rings. The van der Waals surface area contributed by atoms with E-state index in [0.717, 1.165) is 17.2 Å². The third-order valence-corrected chi connectivity index (χ3v) is 8.32. The molecule has 2 aromatic rings. The summed E-state index contributed by atoms with van der Waals surface area (Å²) in [6.45, 7) is 4.70. The highest BCUT2D eigenvalue weighted by molar-refractivity contribution is 7.89. The number of halogens is 2. The molecule has 166 valence electrons. The summed E-state index contributed by atoms with van der Waals surface area (Å²) in [6, 6.07) is 7.15. The van der Waals surface area contributed by atoms with Crippen LogP contribution in [0.2, 0.25) is 0 Å². The molecule has 0 saturated carbocycles. The Morgan fingerprint density at radius 2 is 1.71 bits per heavy atom. The van der Waals surface area contributed by atoms with Crippen molar-refractivity contribution < 1.29 is 22.0 Å². The van der Waals surface area contributed by atoms with Crippen LogP contribution in [0.4, 0.5) is 14.5 Å². The minimum atomic E-state index is -3.63. The second-order valence-corrected chi connectivity index (χ2v) is 10.3. The Morgan fingerprint density at radius 1 is 1.00 bits per heavy atom. The number of amides is 1. The zero-order chi connectivity index (χ0) is 22.3. The minimum Gasteiger partial charge on any atom is -0.312 e. The van der Waals surface area contributed by atoms with Crippen LogP contribution in [0.3, 0.4) is 0 Å². The zero-order valence-electron chi connectivity index (χ0n) is 17.7. The molecular formula is C23H26F2N2O3S. The Labute approximate surface area is 181 Å². The van der Waals surface area contributed by atoms with Gasteiger partial charge in [-0.3, -0.25) is 4.79 Å². The van der Waals surface area contributed by atoms with Gasteiger partial charge in [-0.25, -0.2) is 17.2 Å². The molecule has 1 saturated heterocycles. The monoisotopic (exact) mass is 448 g/mol. The first kappa shape index (κ1) is 21.9. The first-order valence-corrected chi connectivity index (χ1v) is 12.0. The molecule has 1 fully saturated rings. The Morgan fingerprint density at radius 3 is 2.39 bits per heavy atom. The highest BCUT2D eigenvalue weighted by Crippen LogP contribution is 2.33. The van der Waals surface area contributed by atoms with Crippen LogP contribution in [0.1, 0.15) is 36.0 Å². The average molecular weight is 449 g/mol. The van der Waals surface area contributed by atoms with Crippen LogP contribution < -0.4 is 4.90 Å². The van der Waals surface area contributed by atoms with E-state index in [1.807, 2.05) is 13.8 Å². The van der Waals surface area contributed by atoms with Crippen molar-refractivity contribution in [1.82, 2.24) is 4.31 Å². The second kappa shape index (κ2) is 8.31. The summed E-state index contributed by atoms with van der Waals surface area (Å²) in [5, 5.41) is 0. The molecule has 0 aliphatic carbocycles. The van der Waals surface area contributed by atoms with Gasteiger partial charge in [-0.1, -0.05) is 6.07 Å². The highest BCUT2D eigenvalue weighted by atomic mass is 32.2. The summed E-state index contributed by atoms with van der Waals surface area (Å²) in [7, 11) is -3.63. The summed E-state index contributed by atoms with van der Waals surface area (Å²) < 4.78 is 55.4. The quantitative estimate of drug-likeness (QED) is 0.714. The molecule has 0 atom stereocenters. The largest absolute Gasteiger partial charge is 0.312 e. The van der Waals surface area contributed by atoms with Gasteiger partial charge >= 0.3 is 0 Å². The van der Waals surface area contributed by atoms with Crippen LogP contribution in [0.15, 0.2) is 35.2 Å². The van der Waals surface area contributed by atoms with E-state index in [0.29, 0.717) is 43.5 Å². The van der Waals surface area contributed by atoms with Crippen LogP contribution in [-0.4, -0.2) is 38.3 Å². The molecule has 0 N–H and O–H groups in total. The van der Waals surface area contributed by atoms with Crippen LogP contribution in [-0.2, 0) is 21.2 Å². The van der Waals surface area contributed by atoms with Crippen molar-refractivity contribution in [2.45, 2.75) is 44.4 Å². The standard InChI is InChI=1S/C23H26F2N2O3S/c1-15-5-6-19(12-16(15)2)31(29,30)26-10-7-17(8-11-26)23(28)27-9-3-4-20-21(25)13-18(24)14-22(20)27/h5-6,12-14,17H,3-4,7-11H2,1-2H3. The lowest BCUT2D eigenvalue weighted by atomic mass is 9.93. The molecule has 5 nitrogen and oxygen atoms in total. The van der Waals surface area contributed by atoms with Crippen LogP contribution >= 0.6 is 0 Å². The van der Waals surface area contributed by atoms with E-state index < -0.39 is 21.7 Å². The lowest BCUT2D eigenvalue weighted by Gasteiger charge is -2.36. The first-order chi connectivity index (χ1) is 14.7. The molecule has 2 heterocycles. The van der Waals surface area contributed by atoms with Gasteiger partial charge in [-0.05, 0) is 68.9 Å². The predicted molar refractivity (Wildman–Crippen MR) is 114 cm³/mol. The Hall–Kier alpha value is -2.32. The summed E-state index contributed by atoms with van der Waals surface area (Å²) in [5.41, 5.74) is 2.61. The minimum absolute atomic E-state index is 0.186. The van der Waals surface area contributed by atoms with Crippen LogP contribution in [0.5, 0.6) is 0 Å². The number of carbonyl (C=O) groups is 1. The highest BCUT2D eigenvalue weighted by Gasteiger charge is 2.36. The molecule has 1 amide bonds. The van der Waals surface area contributed by atoms with Gasteiger partial charge in [0.25, 0.3) is 0 Å². The fourth-order valence-corrected chi connectivity index (χ4v) is 5.98. The number of sulfonamides is 1. The van der Waals surface area contributed by atoms with Gasteiger partial charge in [0.15, 0.2) is 0 Å². The third-order valence-electron chi connectivity index (χ3n) is 6.42. The fraction of sp³-hybridized carbons (Fsp3) is 0.435. The number of nitrogens with zero attached hydrogens (tertiary/aromatic N) is 2. The van der Waals surface area contributed by atoms with Gasteiger partial charge in [-0.15, -0.1) is 0 Å². The van der Waals surface area contributed by atoms with E-state index in [4.69, 9.17) is 0 Å². The van der Waals surface area contributed by atoms with Crippen molar-refractivity contribution in [1.29, 1.82) is 0 Å². The number of aryl methyl sites for hydroxylation is 2. The first-order valence-electron chi connectivity index (χ1n) is 10.5. The molecule has 0 unspecified atom stereocenters. The van der Waals surface area contributed by atoms with E-state index in [-0.39, 0.29) is 29.8 Å². The van der Waals surface area contributed by atoms with E-state index in [1.165, 1.54) is 15.3 Å². The fourth-order valence-electron chi connectivity index (χ4n) is 4.43. The third kappa shape index (κ3) is 4.11. The Balaban J connectivity index is 1.48. The summed E-state index contributed by atoms with van der Waals surface area (Å²) in [5.74, 6) is -1.88. The van der Waals surface area contributed by atoms with Crippen LogP contribution in [0.25, 0.3) is 0 Å². The smallest absolute Gasteiger partial charge is 0.243 e. The molecule has 31 heavy (non-hydrogen) atoms. The number of benzene rings is 2. The molecule has 0 radical (unpaired) electrons. The van der Waals surface area contributed by atoms with E-state index >= 15 is 0 Å². The zero-order valence-corrected chi connectivity index (χ0v) is 18.5. The van der Waals surface area contributed by atoms with Gasteiger partial charge in [0.05, 0.1) is 10.6 Å². The molecule has 0 bridgehead atoms. The van der Waals surface area contributed by atoms with Crippen molar-refractivity contribution >= 4 is 21.6 Å². The second-order valence-electron chi connectivity index (χ2n) is 8.40. The average Bonchev–Trinajstić information content (AvgIpc) is 2.74. The molecule has 4 rings (SSSR count). The van der Waals surface area contributed by atoms with Gasteiger partial charge in [-0.2, -0.15) is 4.31 Å². The predicted octanol–water partition coefficient (Wildman–Crippen LogP) is 3.96. The van der Waals surface area contributed by atoms with E-state index in [2.05, 4.69) is 0 Å². The van der Waals surface area contributed by atoms with Crippen molar-refractivity contribution in [3.63, 3.8) is 0 Å². The van der Waals surface area contributed by atoms with Crippen molar-refractivity contribution in [3.05, 3.63) is 58.7 Å². The van der Waals surface area contributed by atoms with Gasteiger partial charge in [0.2, 0.25) is 15.9 Å². The molecule has 2 aliphatic heterocycles. The number of carbonyl (C=O) groups excluding carboxylic acids is 1. The van der Waals surface area contributed by atoms with Gasteiger partial charge < -0.3 is 4.90 Å². The van der Waals surface area contributed by atoms with Crippen LogP contribution in [0, 0.1) is 31.4 Å². The molecule has 0 aromatic heterocycles. The number of fused-ring (bicyclic) bond motifs is 1. The maximum absolute atomic E-state index is 14.2. The Bertz CT molecular complexity index is 1130. The maximum atomic E-state index is 14.2. The van der Waals surface area contributed by atoms with Crippen molar-refractivity contribution in [3.8, 4) is 0 Å². The molecule has 8 heteroatoms. The van der Waals surface area contributed by atoms with E-state index in [9.17, 15) is 22.0 Å². The molecule has 2 aromatic carbocycles. The van der Waals surface area contributed by atoms with Crippen molar-refractivity contribution in [2.75, 3.05) is 24.5 Å². The van der Waals surface area contributed by atoms with Crippen molar-refractivity contribution in [2.24, 2.45) is 5.92 Å². The number of rotatable bonds is 3. The number of piperidine rings is 1. The van der Waals surface area contributed by atoms with Gasteiger partial charge in [0, 0.05) is 37.2 Å². The molecular weight excluding hydrogens is 422 g/mol. The lowest BCUT2D eigenvalue weighted by molar-refractivity contribution is -0.123. The maximum Gasteiger partial charge on any atom is 0.243 e. The summed E-state index contributed by atoms with van der Waals surface area (Å²) >= 11 is 0. The lowest BCUT2D eigenvalue weighted by Crippen LogP contribution is -2.46. The topological polar surface area (TPSA) is 57.7 Å². The number of hydrogen-bond acceptors (Lipinski definition) is 3. The SMILES string of the molecule is Cc1ccc(S(=O)(=O)N2CCC(C(=O)N3CCCc4c(F)cc(F)cc43)CC2)cc1C. The Kier molecular flexibility index (Phi) is 5.87.